The van der Waals surface area contributed by atoms with E-state index in [9.17, 15) is 18.5 Å². The highest BCUT2D eigenvalue weighted by Gasteiger charge is 2.31. The summed E-state index contributed by atoms with van der Waals surface area (Å²) in [6, 6.07) is 13.6. The first kappa shape index (κ1) is 21.1. The van der Waals surface area contributed by atoms with E-state index in [0.29, 0.717) is 5.02 Å². The molecule has 0 aromatic heterocycles. The number of aryl methyl sites for hydroxylation is 1. The van der Waals surface area contributed by atoms with Crippen molar-refractivity contribution in [3.05, 3.63) is 70.3 Å². The third-order valence-electron chi connectivity index (χ3n) is 4.79. The Bertz CT molecular complexity index is 1100. The van der Waals surface area contributed by atoms with E-state index in [0.717, 1.165) is 11.1 Å². The van der Waals surface area contributed by atoms with Gasteiger partial charge in [-0.3, -0.25) is 4.79 Å². The summed E-state index contributed by atoms with van der Waals surface area (Å²) in [5.74, 6) is -0.184. The minimum absolute atomic E-state index is 0.00146. The van der Waals surface area contributed by atoms with Gasteiger partial charge < -0.3 is 4.90 Å². The molecule has 29 heavy (non-hydrogen) atoms. The minimum atomic E-state index is -3.78. The number of piperazine rings is 1. The van der Waals surface area contributed by atoms with E-state index in [-0.39, 0.29) is 42.5 Å². The van der Waals surface area contributed by atoms with Gasteiger partial charge in [0.1, 0.15) is 6.07 Å². The van der Waals surface area contributed by atoms with E-state index in [4.69, 9.17) is 11.6 Å². The maximum atomic E-state index is 12.9. The molecule has 1 heterocycles. The maximum absolute atomic E-state index is 12.9. The zero-order chi connectivity index (χ0) is 21.0. The topological polar surface area (TPSA) is 81.5 Å². The number of rotatable bonds is 4. The average molecular weight is 430 g/mol. The molecule has 2 aromatic rings. The number of carbonyl (C=O) groups excluding carboxylic acids is 1. The van der Waals surface area contributed by atoms with Gasteiger partial charge in [0.25, 0.3) is 0 Å². The summed E-state index contributed by atoms with van der Waals surface area (Å²) < 4.78 is 27.0. The zero-order valence-corrected chi connectivity index (χ0v) is 17.4. The van der Waals surface area contributed by atoms with Crippen LogP contribution in [-0.4, -0.2) is 49.7 Å². The Labute approximate surface area is 175 Å². The molecule has 6 nitrogen and oxygen atoms in total. The summed E-state index contributed by atoms with van der Waals surface area (Å²) in [5, 5.41) is 9.81. The van der Waals surface area contributed by atoms with Crippen molar-refractivity contribution in [3.63, 3.8) is 0 Å². The number of nitriles is 1. The number of sulfonamides is 1. The van der Waals surface area contributed by atoms with Crippen LogP contribution in [0.5, 0.6) is 0 Å². The quantitative estimate of drug-likeness (QED) is 0.699. The van der Waals surface area contributed by atoms with Crippen molar-refractivity contribution in [2.45, 2.75) is 11.8 Å². The lowest BCUT2D eigenvalue weighted by Crippen LogP contribution is -2.50. The van der Waals surface area contributed by atoms with Crippen LogP contribution in [0.3, 0.4) is 0 Å². The molecule has 0 atom stereocenters. The molecule has 0 bridgehead atoms. The van der Waals surface area contributed by atoms with Gasteiger partial charge in [-0.25, -0.2) is 8.42 Å². The van der Waals surface area contributed by atoms with Gasteiger partial charge in [0.15, 0.2) is 0 Å². The lowest BCUT2D eigenvalue weighted by atomic mass is 10.1. The number of nitrogens with zero attached hydrogens (tertiary/aromatic N) is 3. The molecule has 0 spiro atoms. The Hall–Kier alpha value is -2.66. The van der Waals surface area contributed by atoms with Gasteiger partial charge in [0, 0.05) is 37.3 Å². The molecular formula is C21H20ClN3O3S. The minimum Gasteiger partial charge on any atom is -0.337 e. The van der Waals surface area contributed by atoms with Crippen LogP contribution in [0.15, 0.2) is 53.4 Å². The molecule has 1 amide bonds. The van der Waals surface area contributed by atoms with Gasteiger partial charge in [0.2, 0.25) is 15.9 Å². The van der Waals surface area contributed by atoms with Crippen molar-refractivity contribution in [1.29, 1.82) is 5.26 Å². The number of carbonyl (C=O) groups is 1. The van der Waals surface area contributed by atoms with Crippen LogP contribution < -0.4 is 0 Å². The van der Waals surface area contributed by atoms with Crippen molar-refractivity contribution in [2.75, 3.05) is 26.2 Å². The Morgan fingerprint density at radius 2 is 1.83 bits per heavy atom. The van der Waals surface area contributed by atoms with Crippen molar-refractivity contribution >= 4 is 33.6 Å². The summed E-state index contributed by atoms with van der Waals surface area (Å²) in [5.41, 5.74) is 1.90. The molecule has 1 aliphatic heterocycles. The lowest BCUT2D eigenvalue weighted by molar-refractivity contribution is -0.127. The van der Waals surface area contributed by atoms with Gasteiger partial charge in [-0.15, -0.1) is 0 Å². The highest BCUT2D eigenvalue weighted by Crippen LogP contribution is 2.21. The highest BCUT2D eigenvalue weighted by molar-refractivity contribution is 7.89. The largest absolute Gasteiger partial charge is 0.337 e. The predicted molar refractivity (Wildman–Crippen MR) is 112 cm³/mol. The predicted octanol–water partition coefficient (Wildman–Crippen LogP) is 3.07. The van der Waals surface area contributed by atoms with E-state index >= 15 is 0 Å². The molecule has 0 radical (unpaired) electrons. The standard InChI is InChI=1S/C21H20ClN3O3S/c1-16-6-7-17(14-19(16)22)8-9-21(26)24-10-12-25(13-11-24)29(27,28)20-5-3-2-4-18(20)15-23/h2-9,14H,10-13H2,1H3/b9-8+. The monoisotopic (exact) mass is 429 g/mol. The van der Waals surface area contributed by atoms with Crippen LogP contribution in [0.1, 0.15) is 16.7 Å². The first-order valence-corrected chi connectivity index (χ1v) is 10.9. The van der Waals surface area contributed by atoms with Crippen molar-refractivity contribution in [1.82, 2.24) is 9.21 Å². The summed E-state index contributed by atoms with van der Waals surface area (Å²) >= 11 is 6.10. The van der Waals surface area contributed by atoms with Crippen molar-refractivity contribution in [2.24, 2.45) is 0 Å². The number of hydrogen-bond acceptors (Lipinski definition) is 4. The molecule has 0 unspecified atom stereocenters. The molecular weight excluding hydrogens is 410 g/mol. The number of hydrogen-bond donors (Lipinski definition) is 0. The molecule has 1 saturated heterocycles. The van der Waals surface area contributed by atoms with E-state index < -0.39 is 10.0 Å². The van der Waals surface area contributed by atoms with E-state index in [1.807, 2.05) is 25.1 Å². The number of benzene rings is 2. The fourth-order valence-corrected chi connectivity index (χ4v) is 4.81. The molecule has 1 fully saturated rings. The molecule has 150 valence electrons. The molecule has 0 N–H and O–H groups in total. The second-order valence-electron chi connectivity index (χ2n) is 6.68. The molecule has 2 aromatic carbocycles. The molecule has 0 saturated carbocycles. The number of halogens is 1. The van der Waals surface area contributed by atoms with E-state index in [1.54, 1.807) is 29.2 Å². The Kier molecular flexibility index (Phi) is 6.38. The van der Waals surface area contributed by atoms with Crippen molar-refractivity contribution < 1.29 is 13.2 Å². The van der Waals surface area contributed by atoms with Gasteiger partial charge in [-0.1, -0.05) is 35.9 Å². The molecule has 0 aliphatic carbocycles. The summed E-state index contributed by atoms with van der Waals surface area (Å²) in [6.07, 6.45) is 3.16. The SMILES string of the molecule is Cc1ccc(/C=C/C(=O)N2CCN(S(=O)(=O)c3ccccc3C#N)CC2)cc1Cl. The van der Waals surface area contributed by atoms with Crippen LogP contribution in [0.25, 0.3) is 6.08 Å². The smallest absolute Gasteiger partial charge is 0.246 e. The first-order valence-electron chi connectivity index (χ1n) is 9.05. The Balaban J connectivity index is 1.65. The van der Waals surface area contributed by atoms with Crippen LogP contribution >= 0.6 is 11.6 Å². The third kappa shape index (κ3) is 4.67. The second-order valence-corrected chi connectivity index (χ2v) is 8.99. The lowest BCUT2D eigenvalue weighted by Gasteiger charge is -2.33. The molecule has 1 aliphatic rings. The fourth-order valence-electron chi connectivity index (χ4n) is 3.06. The summed E-state index contributed by atoms with van der Waals surface area (Å²) in [6.45, 7) is 2.83. The Morgan fingerprint density at radius 3 is 2.48 bits per heavy atom. The number of amides is 1. The van der Waals surface area contributed by atoms with Crippen LogP contribution in [0.4, 0.5) is 0 Å². The van der Waals surface area contributed by atoms with Crippen LogP contribution in [0.2, 0.25) is 5.02 Å². The van der Waals surface area contributed by atoms with Gasteiger partial charge in [-0.05, 0) is 42.3 Å². The van der Waals surface area contributed by atoms with Gasteiger partial charge >= 0.3 is 0 Å². The summed E-state index contributed by atoms with van der Waals surface area (Å²) in [7, 11) is -3.78. The first-order chi connectivity index (χ1) is 13.8. The van der Waals surface area contributed by atoms with Crippen LogP contribution in [-0.2, 0) is 14.8 Å². The van der Waals surface area contributed by atoms with E-state index in [2.05, 4.69) is 0 Å². The molecule has 3 rings (SSSR count). The fraction of sp³-hybridized carbons (Fsp3) is 0.238. The third-order valence-corrected chi connectivity index (χ3v) is 7.15. The summed E-state index contributed by atoms with van der Waals surface area (Å²) in [4.78, 5) is 14.0. The average Bonchev–Trinajstić information content (AvgIpc) is 2.74. The Morgan fingerprint density at radius 1 is 1.14 bits per heavy atom. The normalized spacial score (nSPS) is 15.4. The van der Waals surface area contributed by atoms with Gasteiger partial charge in [-0.2, -0.15) is 9.57 Å². The van der Waals surface area contributed by atoms with Crippen molar-refractivity contribution in [3.8, 4) is 6.07 Å². The second kappa shape index (κ2) is 8.78. The van der Waals surface area contributed by atoms with Crippen LogP contribution in [0, 0.1) is 18.3 Å². The molecule has 8 heteroatoms. The zero-order valence-electron chi connectivity index (χ0n) is 15.9. The van der Waals surface area contributed by atoms with Gasteiger partial charge in [0.05, 0.1) is 10.5 Å². The maximum Gasteiger partial charge on any atom is 0.246 e. The highest BCUT2D eigenvalue weighted by atomic mass is 35.5. The van der Waals surface area contributed by atoms with E-state index in [1.165, 1.54) is 22.5 Å².